The molecule has 0 N–H and O–H groups in total. The number of benzene rings is 1. The third-order valence-corrected chi connectivity index (χ3v) is 2.33. The molecular weight excluding hydrogens is 208 g/mol. The number of esters is 1. The second kappa shape index (κ2) is 4.45. The van der Waals surface area contributed by atoms with Gasteiger partial charge >= 0.3 is 5.97 Å². The van der Waals surface area contributed by atoms with Crippen LogP contribution in [0.25, 0.3) is 0 Å². The number of carbonyl (C=O) groups excluding carboxylic acids is 2. The van der Waals surface area contributed by atoms with Crippen molar-refractivity contribution >= 4 is 11.8 Å². The first-order valence-electron chi connectivity index (χ1n) is 5.15. The van der Waals surface area contributed by atoms with E-state index in [1.54, 1.807) is 31.2 Å². The average Bonchev–Trinajstić information content (AvgIpc) is 3.09. The molecule has 84 valence electrons. The normalized spacial score (nSPS) is 22.6. The quantitative estimate of drug-likeness (QED) is 0.434. The zero-order valence-corrected chi connectivity index (χ0v) is 8.88. The van der Waals surface area contributed by atoms with Gasteiger partial charge in [-0.05, 0) is 6.92 Å². The molecule has 0 spiro atoms. The monoisotopic (exact) mass is 220 g/mol. The lowest BCUT2D eigenvalue weighted by Gasteiger charge is -1.97. The van der Waals surface area contributed by atoms with Crippen molar-refractivity contribution in [3.05, 3.63) is 35.9 Å². The summed E-state index contributed by atoms with van der Waals surface area (Å²) >= 11 is 0. The molecule has 0 aromatic heterocycles. The lowest BCUT2D eigenvalue weighted by Crippen LogP contribution is -2.18. The van der Waals surface area contributed by atoms with Gasteiger partial charge in [0.1, 0.15) is 0 Å². The summed E-state index contributed by atoms with van der Waals surface area (Å²) < 4.78 is 9.79. The minimum Gasteiger partial charge on any atom is -0.464 e. The first-order chi connectivity index (χ1) is 7.74. The molecule has 0 amide bonds. The summed E-state index contributed by atoms with van der Waals surface area (Å²) in [6.45, 7) is 2.01. The van der Waals surface area contributed by atoms with Crippen LogP contribution in [0, 0.1) is 0 Å². The summed E-state index contributed by atoms with van der Waals surface area (Å²) in [6.07, 6.45) is -1.38. The predicted octanol–water partition coefficient (Wildman–Crippen LogP) is 1.20. The molecule has 4 heteroatoms. The Morgan fingerprint density at radius 2 is 1.94 bits per heavy atom. The van der Waals surface area contributed by atoms with Crippen molar-refractivity contribution in [1.82, 2.24) is 0 Å². The van der Waals surface area contributed by atoms with Crippen LogP contribution in [0.2, 0.25) is 0 Å². The van der Waals surface area contributed by atoms with Crippen LogP contribution in [0.3, 0.4) is 0 Å². The molecule has 2 atom stereocenters. The van der Waals surface area contributed by atoms with Crippen LogP contribution in [-0.4, -0.2) is 30.6 Å². The van der Waals surface area contributed by atoms with Crippen LogP contribution in [0.1, 0.15) is 17.3 Å². The van der Waals surface area contributed by atoms with Crippen LogP contribution >= 0.6 is 0 Å². The molecule has 4 nitrogen and oxygen atoms in total. The number of hydrogen-bond donors (Lipinski definition) is 0. The van der Waals surface area contributed by atoms with E-state index in [9.17, 15) is 9.59 Å². The highest BCUT2D eigenvalue weighted by atomic mass is 16.6. The highest BCUT2D eigenvalue weighted by Crippen LogP contribution is 2.27. The molecule has 2 rings (SSSR count). The molecule has 0 radical (unpaired) electrons. The van der Waals surface area contributed by atoms with Gasteiger partial charge in [0.2, 0.25) is 0 Å². The van der Waals surface area contributed by atoms with Crippen LogP contribution in [-0.2, 0) is 14.3 Å². The Hall–Kier alpha value is -1.68. The Balaban J connectivity index is 1.97. The summed E-state index contributed by atoms with van der Waals surface area (Å²) in [6, 6.07) is 8.77. The summed E-state index contributed by atoms with van der Waals surface area (Å²) in [4.78, 5) is 23.0. The fraction of sp³-hybridized carbons (Fsp3) is 0.333. The molecule has 0 aliphatic carbocycles. The predicted molar refractivity (Wildman–Crippen MR) is 56.1 cm³/mol. The molecule has 1 aromatic carbocycles. The van der Waals surface area contributed by atoms with E-state index in [2.05, 4.69) is 0 Å². The SMILES string of the molecule is CCOC(=O)[C@@H]1O[C@H]1C(=O)c1ccccc1. The van der Waals surface area contributed by atoms with E-state index in [1.807, 2.05) is 6.07 Å². The van der Waals surface area contributed by atoms with Crippen LogP contribution in [0.4, 0.5) is 0 Å². The van der Waals surface area contributed by atoms with Gasteiger partial charge in [-0.3, -0.25) is 4.79 Å². The summed E-state index contributed by atoms with van der Waals surface area (Å²) in [7, 11) is 0. The van der Waals surface area contributed by atoms with Gasteiger partial charge in [0.15, 0.2) is 18.0 Å². The van der Waals surface area contributed by atoms with Crippen LogP contribution < -0.4 is 0 Å². The first kappa shape index (κ1) is 10.8. The molecule has 16 heavy (non-hydrogen) atoms. The first-order valence-corrected chi connectivity index (χ1v) is 5.15. The Morgan fingerprint density at radius 3 is 2.56 bits per heavy atom. The number of ether oxygens (including phenoxy) is 2. The molecule has 0 bridgehead atoms. The molecular formula is C12H12O4. The lowest BCUT2D eigenvalue weighted by molar-refractivity contribution is -0.144. The van der Waals surface area contributed by atoms with Crippen molar-refractivity contribution in [3.63, 3.8) is 0 Å². The maximum Gasteiger partial charge on any atom is 0.338 e. The molecule has 1 aliphatic heterocycles. The van der Waals surface area contributed by atoms with Gasteiger partial charge < -0.3 is 9.47 Å². The van der Waals surface area contributed by atoms with E-state index in [-0.39, 0.29) is 5.78 Å². The number of Topliss-reactive ketones (excluding diaryl/α,β-unsaturated/α-hetero) is 1. The van der Waals surface area contributed by atoms with Gasteiger partial charge in [0, 0.05) is 5.56 Å². The summed E-state index contributed by atoms with van der Waals surface area (Å²) in [5.74, 6) is -0.629. The Morgan fingerprint density at radius 1 is 1.25 bits per heavy atom. The zero-order valence-electron chi connectivity index (χ0n) is 8.88. The fourth-order valence-corrected chi connectivity index (χ4v) is 1.48. The third-order valence-electron chi connectivity index (χ3n) is 2.33. The van der Waals surface area contributed by atoms with E-state index in [4.69, 9.17) is 9.47 Å². The van der Waals surface area contributed by atoms with Crippen molar-refractivity contribution in [2.75, 3.05) is 6.61 Å². The van der Waals surface area contributed by atoms with Crippen LogP contribution in [0.5, 0.6) is 0 Å². The highest BCUT2D eigenvalue weighted by Gasteiger charge is 2.51. The van der Waals surface area contributed by atoms with Gasteiger partial charge in [-0.25, -0.2) is 4.79 Å². The Kier molecular flexibility index (Phi) is 3.01. The van der Waals surface area contributed by atoms with Gasteiger partial charge in [-0.2, -0.15) is 0 Å². The molecule has 1 aromatic rings. The molecule has 1 heterocycles. The van der Waals surface area contributed by atoms with Gasteiger partial charge in [0.05, 0.1) is 6.61 Å². The largest absolute Gasteiger partial charge is 0.464 e. The smallest absolute Gasteiger partial charge is 0.338 e. The number of rotatable bonds is 4. The Labute approximate surface area is 93.2 Å². The molecule has 1 saturated heterocycles. The van der Waals surface area contributed by atoms with Gasteiger partial charge in [-0.15, -0.1) is 0 Å². The fourth-order valence-electron chi connectivity index (χ4n) is 1.48. The van der Waals surface area contributed by atoms with E-state index in [0.717, 1.165) is 0 Å². The minimum atomic E-state index is -0.715. The summed E-state index contributed by atoms with van der Waals surface area (Å²) in [5, 5.41) is 0. The zero-order chi connectivity index (χ0) is 11.5. The molecule has 0 unspecified atom stereocenters. The van der Waals surface area contributed by atoms with Crippen molar-refractivity contribution in [2.24, 2.45) is 0 Å². The Bertz CT molecular complexity index is 399. The minimum absolute atomic E-state index is 0.168. The number of epoxide rings is 1. The number of hydrogen-bond acceptors (Lipinski definition) is 4. The van der Waals surface area contributed by atoms with E-state index in [1.165, 1.54) is 0 Å². The molecule has 1 aliphatic rings. The number of ketones is 1. The van der Waals surface area contributed by atoms with E-state index in [0.29, 0.717) is 12.2 Å². The van der Waals surface area contributed by atoms with Crippen molar-refractivity contribution in [2.45, 2.75) is 19.1 Å². The second-order valence-electron chi connectivity index (χ2n) is 3.46. The molecule has 1 fully saturated rings. The highest BCUT2D eigenvalue weighted by molar-refractivity contribution is 6.04. The van der Waals surface area contributed by atoms with Crippen molar-refractivity contribution in [1.29, 1.82) is 0 Å². The molecule has 0 saturated carbocycles. The van der Waals surface area contributed by atoms with E-state index >= 15 is 0 Å². The third kappa shape index (κ3) is 2.12. The maximum atomic E-state index is 11.8. The maximum absolute atomic E-state index is 11.8. The van der Waals surface area contributed by atoms with E-state index < -0.39 is 18.2 Å². The van der Waals surface area contributed by atoms with Crippen LogP contribution in [0.15, 0.2) is 30.3 Å². The van der Waals surface area contributed by atoms with Crippen molar-refractivity contribution in [3.8, 4) is 0 Å². The second-order valence-corrected chi connectivity index (χ2v) is 3.46. The van der Waals surface area contributed by atoms with Gasteiger partial charge in [0.25, 0.3) is 0 Å². The summed E-state index contributed by atoms with van der Waals surface area (Å²) in [5.41, 5.74) is 0.555. The number of carbonyl (C=O) groups is 2. The lowest BCUT2D eigenvalue weighted by atomic mass is 10.1. The topological polar surface area (TPSA) is 55.9 Å². The standard InChI is InChI=1S/C12H12O4/c1-2-15-12(14)11-10(16-11)9(13)8-6-4-3-5-7-8/h3-7,10-11H,2H2,1H3/t10-,11+/m0/s1. The van der Waals surface area contributed by atoms with Crippen molar-refractivity contribution < 1.29 is 19.1 Å². The average molecular weight is 220 g/mol. The van der Waals surface area contributed by atoms with Gasteiger partial charge in [-0.1, -0.05) is 30.3 Å².